The van der Waals surface area contributed by atoms with Crippen LogP contribution in [-0.4, -0.2) is 7.05 Å². The molecule has 0 aliphatic heterocycles. The summed E-state index contributed by atoms with van der Waals surface area (Å²) in [7, 11) is 1.87. The smallest absolute Gasteiger partial charge is 0.127 e. The Morgan fingerprint density at radius 1 is 1.35 bits per heavy atom. The van der Waals surface area contributed by atoms with E-state index in [0.29, 0.717) is 17.0 Å². The summed E-state index contributed by atoms with van der Waals surface area (Å²) < 4.78 is 16.1. The molecule has 0 radical (unpaired) electrons. The molecule has 0 amide bonds. The molecule has 2 aromatic carbocycles. The van der Waals surface area contributed by atoms with E-state index in [1.807, 2.05) is 19.2 Å². The molecule has 0 aliphatic carbocycles. The molecule has 1 N–H and O–H groups in total. The molecule has 106 valence electrons. The Hall–Kier alpha value is -0.170. The van der Waals surface area contributed by atoms with Gasteiger partial charge < -0.3 is 5.32 Å². The normalized spacial score (nSPS) is 12.4. The van der Waals surface area contributed by atoms with Gasteiger partial charge in [0.05, 0.1) is 0 Å². The van der Waals surface area contributed by atoms with Gasteiger partial charge in [-0.2, -0.15) is 0 Å². The van der Waals surface area contributed by atoms with E-state index in [-0.39, 0.29) is 11.9 Å². The van der Waals surface area contributed by atoms with Crippen molar-refractivity contribution < 1.29 is 4.39 Å². The molecule has 0 heterocycles. The van der Waals surface area contributed by atoms with Crippen LogP contribution in [0.4, 0.5) is 4.39 Å². The van der Waals surface area contributed by atoms with Crippen molar-refractivity contribution in [3.8, 4) is 0 Å². The van der Waals surface area contributed by atoms with Crippen molar-refractivity contribution in [2.45, 2.75) is 12.5 Å². The quantitative estimate of drug-likeness (QED) is 0.597. The molecule has 0 spiro atoms. The molecule has 2 aromatic rings. The van der Waals surface area contributed by atoms with Gasteiger partial charge in [0.1, 0.15) is 5.82 Å². The lowest BCUT2D eigenvalue weighted by Crippen LogP contribution is -2.20. The fourth-order valence-corrected chi connectivity index (χ4v) is 3.36. The minimum Gasteiger partial charge on any atom is -0.313 e. The van der Waals surface area contributed by atoms with Crippen LogP contribution < -0.4 is 5.32 Å². The van der Waals surface area contributed by atoms with Crippen molar-refractivity contribution in [1.29, 1.82) is 0 Å². The van der Waals surface area contributed by atoms with E-state index in [2.05, 4.69) is 49.9 Å². The molecular weight excluding hydrogens is 455 g/mol. The number of rotatable bonds is 4. The molecule has 0 aromatic heterocycles. The molecule has 1 atom stereocenters. The van der Waals surface area contributed by atoms with Gasteiger partial charge in [0.2, 0.25) is 0 Å². The van der Waals surface area contributed by atoms with Gasteiger partial charge in [-0.05, 0) is 72.0 Å². The third-order valence-corrected chi connectivity index (χ3v) is 4.90. The van der Waals surface area contributed by atoms with Crippen molar-refractivity contribution in [1.82, 2.24) is 5.32 Å². The van der Waals surface area contributed by atoms with E-state index in [1.165, 1.54) is 6.07 Å². The van der Waals surface area contributed by atoms with Gasteiger partial charge in [0.15, 0.2) is 0 Å². The summed E-state index contributed by atoms with van der Waals surface area (Å²) in [5.41, 5.74) is 1.64. The second kappa shape index (κ2) is 7.20. The van der Waals surface area contributed by atoms with Crippen LogP contribution in [0.2, 0.25) is 5.02 Å². The maximum Gasteiger partial charge on any atom is 0.127 e. The molecule has 0 fully saturated rings. The molecule has 0 saturated carbocycles. The highest BCUT2D eigenvalue weighted by Gasteiger charge is 2.17. The molecule has 20 heavy (non-hydrogen) atoms. The fourth-order valence-electron chi connectivity index (χ4n) is 2.08. The van der Waals surface area contributed by atoms with E-state index in [9.17, 15) is 4.39 Å². The summed E-state index contributed by atoms with van der Waals surface area (Å²) in [6.45, 7) is 0. The molecule has 0 aliphatic rings. The summed E-state index contributed by atoms with van der Waals surface area (Å²) in [6, 6.07) is 10.9. The number of hydrogen-bond acceptors (Lipinski definition) is 1. The first-order valence-electron chi connectivity index (χ1n) is 6.08. The number of halogens is 4. The number of benzene rings is 2. The van der Waals surface area contributed by atoms with Gasteiger partial charge in [0.25, 0.3) is 0 Å². The Morgan fingerprint density at radius 2 is 2.10 bits per heavy atom. The van der Waals surface area contributed by atoms with Crippen LogP contribution in [0.5, 0.6) is 0 Å². The van der Waals surface area contributed by atoms with Gasteiger partial charge in [-0.1, -0.05) is 33.6 Å². The van der Waals surface area contributed by atoms with E-state index >= 15 is 0 Å². The fraction of sp³-hybridized carbons (Fsp3) is 0.200. The van der Waals surface area contributed by atoms with Crippen LogP contribution in [0, 0.1) is 9.39 Å². The second-order valence-electron chi connectivity index (χ2n) is 4.41. The highest BCUT2D eigenvalue weighted by Crippen LogP contribution is 2.30. The summed E-state index contributed by atoms with van der Waals surface area (Å²) in [5.74, 6) is -0.264. The van der Waals surface area contributed by atoms with Crippen LogP contribution in [0.1, 0.15) is 17.2 Å². The zero-order valence-corrected chi connectivity index (χ0v) is 15.3. The molecule has 0 saturated heterocycles. The SMILES string of the molecule is CNC(Cc1c(F)cccc1Cl)c1cc(I)ccc1Br. The van der Waals surface area contributed by atoms with Crippen molar-refractivity contribution in [3.05, 3.63) is 66.4 Å². The number of hydrogen-bond donors (Lipinski definition) is 1. The average Bonchev–Trinajstić information content (AvgIpc) is 2.42. The van der Waals surface area contributed by atoms with E-state index in [0.717, 1.165) is 13.6 Å². The lowest BCUT2D eigenvalue weighted by molar-refractivity contribution is 0.553. The zero-order chi connectivity index (χ0) is 14.7. The highest BCUT2D eigenvalue weighted by atomic mass is 127. The minimum atomic E-state index is -0.264. The number of nitrogens with one attached hydrogen (secondary N) is 1. The first-order chi connectivity index (χ1) is 9.52. The summed E-state index contributed by atoms with van der Waals surface area (Å²) >= 11 is 11.9. The molecule has 0 bridgehead atoms. The van der Waals surface area contributed by atoms with E-state index in [1.54, 1.807) is 12.1 Å². The molecule has 5 heteroatoms. The lowest BCUT2D eigenvalue weighted by Gasteiger charge is -2.19. The predicted molar refractivity (Wildman–Crippen MR) is 93.8 cm³/mol. The molecule has 1 unspecified atom stereocenters. The summed E-state index contributed by atoms with van der Waals surface area (Å²) in [6.07, 6.45) is 0.501. The largest absolute Gasteiger partial charge is 0.313 e. The summed E-state index contributed by atoms with van der Waals surface area (Å²) in [5, 5.41) is 3.70. The van der Waals surface area contributed by atoms with Crippen LogP contribution >= 0.6 is 50.1 Å². The van der Waals surface area contributed by atoms with Crippen LogP contribution in [0.25, 0.3) is 0 Å². The van der Waals surface area contributed by atoms with Gasteiger partial charge in [-0.15, -0.1) is 0 Å². The van der Waals surface area contributed by atoms with Crippen LogP contribution in [0.3, 0.4) is 0 Å². The first-order valence-corrected chi connectivity index (χ1v) is 8.33. The second-order valence-corrected chi connectivity index (χ2v) is 6.92. The summed E-state index contributed by atoms with van der Waals surface area (Å²) in [4.78, 5) is 0. The van der Waals surface area contributed by atoms with E-state index in [4.69, 9.17) is 11.6 Å². The minimum absolute atomic E-state index is 0.00603. The number of likely N-dealkylation sites (N-methyl/N-ethyl adjacent to an activating group) is 1. The highest BCUT2D eigenvalue weighted by molar-refractivity contribution is 14.1. The Labute approximate surface area is 145 Å². The van der Waals surface area contributed by atoms with Gasteiger partial charge in [-0.3, -0.25) is 0 Å². The third kappa shape index (κ3) is 3.72. The Bertz CT molecular complexity index is 601. The zero-order valence-electron chi connectivity index (χ0n) is 10.8. The lowest BCUT2D eigenvalue weighted by atomic mass is 9.98. The van der Waals surface area contributed by atoms with E-state index < -0.39 is 0 Å². The topological polar surface area (TPSA) is 12.0 Å². The standard InChI is InChI=1S/C15H13BrClFIN/c1-20-15(10-7-9(19)5-6-12(10)16)8-11-13(17)3-2-4-14(11)18/h2-7,15,20H,8H2,1H3. The Balaban J connectivity index is 2.36. The van der Waals surface area contributed by atoms with Gasteiger partial charge in [-0.25, -0.2) is 4.39 Å². The monoisotopic (exact) mass is 467 g/mol. The Kier molecular flexibility index (Phi) is 5.84. The van der Waals surface area contributed by atoms with Crippen molar-refractivity contribution >= 4 is 50.1 Å². The predicted octanol–water partition coefficient (Wildman–Crippen LogP) is 5.35. The van der Waals surface area contributed by atoms with Crippen LogP contribution in [-0.2, 0) is 6.42 Å². The van der Waals surface area contributed by atoms with Crippen LogP contribution in [0.15, 0.2) is 40.9 Å². The molecule has 2 rings (SSSR count). The van der Waals surface area contributed by atoms with Gasteiger partial charge in [0, 0.05) is 24.7 Å². The van der Waals surface area contributed by atoms with Crippen molar-refractivity contribution in [2.24, 2.45) is 0 Å². The van der Waals surface area contributed by atoms with Gasteiger partial charge >= 0.3 is 0 Å². The van der Waals surface area contributed by atoms with Crippen molar-refractivity contribution in [2.75, 3.05) is 7.05 Å². The third-order valence-electron chi connectivity index (χ3n) is 3.15. The first kappa shape index (κ1) is 16.2. The molecular formula is C15H13BrClFIN. The van der Waals surface area contributed by atoms with Crippen molar-refractivity contribution in [3.63, 3.8) is 0 Å². The average molecular weight is 469 g/mol. The maximum absolute atomic E-state index is 13.9. The Morgan fingerprint density at radius 3 is 2.75 bits per heavy atom. The maximum atomic E-state index is 13.9. The molecule has 1 nitrogen and oxygen atoms in total.